The summed E-state index contributed by atoms with van der Waals surface area (Å²) in [6.07, 6.45) is 6.18. The van der Waals surface area contributed by atoms with E-state index in [1.165, 1.54) is 6.42 Å². The molecule has 0 spiro atoms. The second-order valence-corrected chi connectivity index (χ2v) is 6.83. The summed E-state index contributed by atoms with van der Waals surface area (Å²) in [6.45, 7) is 1.98. The van der Waals surface area contributed by atoms with E-state index in [0.29, 0.717) is 18.0 Å². The maximum absolute atomic E-state index is 12.5. The number of nitrogens with one attached hydrogen (secondary N) is 2. The van der Waals surface area contributed by atoms with E-state index >= 15 is 0 Å². The average molecular weight is 328 g/mol. The zero-order valence-corrected chi connectivity index (χ0v) is 14.0. The van der Waals surface area contributed by atoms with Crippen LogP contribution in [0.5, 0.6) is 0 Å². The lowest BCUT2D eigenvalue weighted by Gasteiger charge is -2.24. The van der Waals surface area contributed by atoms with Crippen LogP contribution in [0.25, 0.3) is 10.9 Å². The number of carboxylic acids is 1. The summed E-state index contributed by atoms with van der Waals surface area (Å²) in [5, 5.41) is 13.1. The van der Waals surface area contributed by atoms with E-state index < -0.39 is 12.0 Å². The molecule has 1 aliphatic rings. The van der Waals surface area contributed by atoms with Crippen LogP contribution in [0.15, 0.2) is 24.3 Å². The summed E-state index contributed by atoms with van der Waals surface area (Å²) >= 11 is 0. The van der Waals surface area contributed by atoms with E-state index in [4.69, 9.17) is 0 Å². The van der Waals surface area contributed by atoms with Gasteiger partial charge in [0.05, 0.1) is 0 Å². The Morgan fingerprint density at radius 1 is 1.29 bits per heavy atom. The molecule has 128 valence electrons. The van der Waals surface area contributed by atoms with Gasteiger partial charge >= 0.3 is 5.97 Å². The van der Waals surface area contributed by atoms with Crippen molar-refractivity contribution in [1.29, 1.82) is 0 Å². The monoisotopic (exact) mass is 328 g/mol. The van der Waals surface area contributed by atoms with Gasteiger partial charge in [-0.2, -0.15) is 0 Å². The lowest BCUT2D eigenvalue weighted by atomic mass is 9.85. The van der Waals surface area contributed by atoms with Crippen molar-refractivity contribution in [1.82, 2.24) is 10.3 Å². The predicted molar refractivity (Wildman–Crippen MR) is 93.1 cm³/mol. The summed E-state index contributed by atoms with van der Waals surface area (Å²) in [5.41, 5.74) is 2.39. The number of rotatable bonds is 5. The molecular weight excluding hydrogens is 304 g/mol. The molecule has 1 fully saturated rings. The van der Waals surface area contributed by atoms with Crippen molar-refractivity contribution < 1.29 is 14.7 Å². The zero-order valence-electron chi connectivity index (χ0n) is 14.0. The van der Waals surface area contributed by atoms with Crippen molar-refractivity contribution >= 4 is 22.8 Å². The number of amides is 1. The Labute approximate surface area is 141 Å². The van der Waals surface area contributed by atoms with Crippen LogP contribution in [0.4, 0.5) is 0 Å². The van der Waals surface area contributed by atoms with Gasteiger partial charge in [0.15, 0.2) is 0 Å². The van der Waals surface area contributed by atoms with E-state index in [0.717, 1.165) is 42.1 Å². The molecule has 0 saturated heterocycles. The van der Waals surface area contributed by atoms with Gasteiger partial charge in [0.25, 0.3) is 5.91 Å². The Balaban J connectivity index is 1.72. The fraction of sp³-hybridized carbons (Fsp3) is 0.474. The van der Waals surface area contributed by atoms with E-state index in [1.807, 2.05) is 25.1 Å². The fourth-order valence-electron chi connectivity index (χ4n) is 3.64. The number of carboxylic acid groups (broad SMARTS) is 1. The van der Waals surface area contributed by atoms with Crippen LogP contribution in [-0.4, -0.2) is 28.0 Å². The minimum Gasteiger partial charge on any atom is -0.480 e. The molecule has 1 amide bonds. The number of para-hydroxylation sites is 1. The number of benzene rings is 1. The Morgan fingerprint density at radius 3 is 2.71 bits per heavy atom. The van der Waals surface area contributed by atoms with Gasteiger partial charge in [-0.05, 0) is 30.9 Å². The van der Waals surface area contributed by atoms with E-state index in [9.17, 15) is 14.7 Å². The van der Waals surface area contributed by atoms with Crippen LogP contribution in [0.1, 0.15) is 54.6 Å². The molecular formula is C19H24N2O3. The molecule has 1 aromatic heterocycles. The lowest BCUT2D eigenvalue weighted by Crippen LogP contribution is -2.42. The van der Waals surface area contributed by atoms with Crippen LogP contribution < -0.4 is 5.32 Å². The largest absolute Gasteiger partial charge is 0.480 e. The van der Waals surface area contributed by atoms with Gasteiger partial charge in [-0.1, -0.05) is 50.3 Å². The minimum absolute atomic E-state index is 0.353. The highest BCUT2D eigenvalue weighted by molar-refractivity contribution is 6.00. The Morgan fingerprint density at radius 2 is 2.04 bits per heavy atom. The van der Waals surface area contributed by atoms with Gasteiger partial charge in [0.2, 0.25) is 0 Å². The number of aliphatic carboxylic acids is 1. The number of carbonyl (C=O) groups excluding carboxylic acids is 1. The molecule has 3 N–H and O–H groups in total. The Kier molecular flexibility index (Phi) is 4.88. The number of aromatic nitrogens is 1. The molecule has 0 aliphatic heterocycles. The molecule has 5 nitrogen and oxygen atoms in total. The van der Waals surface area contributed by atoms with Crippen molar-refractivity contribution in [2.24, 2.45) is 5.92 Å². The zero-order chi connectivity index (χ0) is 17.1. The highest BCUT2D eigenvalue weighted by Gasteiger charge is 2.26. The molecule has 1 saturated carbocycles. The number of fused-ring (bicyclic) bond motifs is 1. The standard InChI is InChI=1S/C19H24N2O3/c1-12-6-5-9-14-11-15(20-17(12)14)18(22)21-16(19(23)24)10-13-7-3-2-4-8-13/h5-6,9,11,13,16,20H,2-4,7-8,10H2,1H3,(H,21,22)(H,23,24)/t16-/m1/s1. The third kappa shape index (κ3) is 3.61. The first-order valence-corrected chi connectivity index (χ1v) is 8.66. The maximum Gasteiger partial charge on any atom is 0.326 e. The molecule has 1 heterocycles. The summed E-state index contributed by atoms with van der Waals surface area (Å²) in [4.78, 5) is 27.1. The molecule has 0 radical (unpaired) electrons. The number of aromatic amines is 1. The Bertz CT molecular complexity index is 744. The second-order valence-electron chi connectivity index (χ2n) is 6.83. The predicted octanol–water partition coefficient (Wildman–Crippen LogP) is 3.63. The second kappa shape index (κ2) is 7.07. The molecule has 1 aromatic carbocycles. The molecule has 5 heteroatoms. The molecule has 2 aromatic rings. The minimum atomic E-state index is -0.957. The third-order valence-corrected chi connectivity index (χ3v) is 5.01. The van der Waals surface area contributed by atoms with Gasteiger partial charge in [-0.25, -0.2) is 4.79 Å². The van der Waals surface area contributed by atoms with Gasteiger partial charge in [0.1, 0.15) is 11.7 Å². The normalized spacial score (nSPS) is 16.9. The third-order valence-electron chi connectivity index (χ3n) is 5.01. The van der Waals surface area contributed by atoms with Gasteiger partial charge in [-0.3, -0.25) is 4.79 Å². The summed E-state index contributed by atoms with van der Waals surface area (Å²) in [7, 11) is 0. The highest BCUT2D eigenvalue weighted by Crippen LogP contribution is 2.27. The lowest BCUT2D eigenvalue weighted by molar-refractivity contribution is -0.139. The molecule has 0 bridgehead atoms. The van der Waals surface area contributed by atoms with Crippen molar-refractivity contribution in [2.45, 2.75) is 51.5 Å². The van der Waals surface area contributed by atoms with Gasteiger partial charge < -0.3 is 15.4 Å². The summed E-state index contributed by atoms with van der Waals surface area (Å²) in [6, 6.07) is 6.80. The van der Waals surface area contributed by atoms with Crippen LogP contribution in [0.3, 0.4) is 0 Å². The van der Waals surface area contributed by atoms with Crippen LogP contribution in [-0.2, 0) is 4.79 Å². The molecule has 1 aliphatic carbocycles. The summed E-state index contributed by atoms with van der Waals surface area (Å²) < 4.78 is 0. The number of aryl methyl sites for hydroxylation is 1. The number of hydrogen-bond donors (Lipinski definition) is 3. The first-order chi connectivity index (χ1) is 11.5. The van der Waals surface area contributed by atoms with Crippen molar-refractivity contribution in [3.05, 3.63) is 35.5 Å². The SMILES string of the molecule is Cc1cccc2cc(C(=O)N[C@H](CC3CCCCC3)C(=O)O)[nH]c12. The van der Waals surface area contributed by atoms with Crippen molar-refractivity contribution in [3.63, 3.8) is 0 Å². The first-order valence-electron chi connectivity index (χ1n) is 8.66. The maximum atomic E-state index is 12.5. The molecule has 0 unspecified atom stereocenters. The van der Waals surface area contributed by atoms with E-state index in [2.05, 4.69) is 10.3 Å². The van der Waals surface area contributed by atoms with Crippen LogP contribution in [0, 0.1) is 12.8 Å². The van der Waals surface area contributed by atoms with Crippen molar-refractivity contribution in [2.75, 3.05) is 0 Å². The van der Waals surface area contributed by atoms with Crippen LogP contribution >= 0.6 is 0 Å². The first kappa shape index (κ1) is 16.6. The topological polar surface area (TPSA) is 82.2 Å². The fourth-order valence-corrected chi connectivity index (χ4v) is 3.64. The van der Waals surface area contributed by atoms with E-state index in [1.54, 1.807) is 6.07 Å². The Hall–Kier alpha value is -2.30. The number of H-pyrrole nitrogens is 1. The van der Waals surface area contributed by atoms with Gasteiger partial charge in [-0.15, -0.1) is 0 Å². The van der Waals surface area contributed by atoms with Crippen LogP contribution in [0.2, 0.25) is 0 Å². The molecule has 24 heavy (non-hydrogen) atoms. The smallest absolute Gasteiger partial charge is 0.326 e. The highest BCUT2D eigenvalue weighted by atomic mass is 16.4. The van der Waals surface area contributed by atoms with Gasteiger partial charge in [0, 0.05) is 10.9 Å². The number of carbonyl (C=O) groups is 2. The quantitative estimate of drug-likeness (QED) is 0.784. The van der Waals surface area contributed by atoms with E-state index in [-0.39, 0.29) is 5.91 Å². The van der Waals surface area contributed by atoms with Crippen molar-refractivity contribution in [3.8, 4) is 0 Å². The average Bonchev–Trinajstić information content (AvgIpc) is 3.01. The summed E-state index contributed by atoms with van der Waals surface area (Å²) in [5.74, 6) is -0.917. The molecule has 3 rings (SSSR count). The number of hydrogen-bond acceptors (Lipinski definition) is 2. The molecule has 1 atom stereocenters.